The number of benzene rings is 2. The Morgan fingerprint density at radius 3 is 2.30 bits per heavy atom. The first-order valence-corrected chi connectivity index (χ1v) is 7.06. The fraction of sp³-hybridized carbons (Fsp3) is 0.222. The predicted octanol–water partition coefficient (Wildman–Crippen LogP) is 4.39. The largest absolute Gasteiger partial charge is 0.378 e. The lowest BCUT2D eigenvalue weighted by Crippen LogP contribution is -2.08. The molecule has 0 radical (unpaired) electrons. The number of aromatic nitrogens is 1. The van der Waals surface area contributed by atoms with Gasteiger partial charge < -0.3 is 9.47 Å². The van der Waals surface area contributed by atoms with Crippen LogP contribution in [0.5, 0.6) is 0 Å². The molecule has 1 aromatic heterocycles. The summed E-state index contributed by atoms with van der Waals surface area (Å²) in [5.74, 6) is 0. The Morgan fingerprint density at radius 2 is 1.65 bits per heavy atom. The summed E-state index contributed by atoms with van der Waals surface area (Å²) in [5, 5.41) is 1.31. The van der Waals surface area contributed by atoms with E-state index in [1.54, 1.807) is 0 Å². The van der Waals surface area contributed by atoms with Crippen LogP contribution < -0.4 is 4.90 Å². The van der Waals surface area contributed by atoms with Gasteiger partial charge in [0.25, 0.3) is 0 Å². The van der Waals surface area contributed by atoms with Crippen LogP contribution >= 0.6 is 0 Å². The molecule has 2 heteroatoms. The van der Waals surface area contributed by atoms with Crippen molar-refractivity contribution in [3.05, 3.63) is 54.6 Å². The number of para-hydroxylation sites is 1. The van der Waals surface area contributed by atoms with Crippen LogP contribution in [0.25, 0.3) is 22.2 Å². The predicted molar refractivity (Wildman–Crippen MR) is 87.4 cm³/mol. The number of rotatable bonds is 3. The van der Waals surface area contributed by atoms with Gasteiger partial charge in [0.15, 0.2) is 0 Å². The zero-order valence-corrected chi connectivity index (χ0v) is 12.3. The van der Waals surface area contributed by atoms with Gasteiger partial charge in [-0.1, -0.05) is 30.3 Å². The molecule has 0 amide bonds. The summed E-state index contributed by atoms with van der Waals surface area (Å²) in [5.41, 5.74) is 5.10. The van der Waals surface area contributed by atoms with Gasteiger partial charge in [-0.05, 0) is 36.8 Å². The van der Waals surface area contributed by atoms with Crippen LogP contribution in [0, 0.1) is 0 Å². The van der Waals surface area contributed by atoms with Gasteiger partial charge in [-0.15, -0.1) is 0 Å². The average molecular weight is 264 g/mol. The molecule has 1 heterocycles. The maximum Gasteiger partial charge on any atom is 0.0491 e. The third-order valence-electron chi connectivity index (χ3n) is 3.81. The van der Waals surface area contributed by atoms with Gasteiger partial charge in [0, 0.05) is 42.9 Å². The van der Waals surface area contributed by atoms with Crippen LogP contribution in [0.3, 0.4) is 0 Å². The van der Waals surface area contributed by atoms with E-state index >= 15 is 0 Å². The molecule has 0 saturated heterocycles. The monoisotopic (exact) mass is 264 g/mol. The molecule has 2 aromatic carbocycles. The number of fused-ring (bicyclic) bond motifs is 1. The third kappa shape index (κ3) is 2.07. The Labute approximate surface area is 120 Å². The molecule has 0 atom stereocenters. The van der Waals surface area contributed by atoms with E-state index in [-0.39, 0.29) is 0 Å². The molecule has 0 unspecified atom stereocenters. The van der Waals surface area contributed by atoms with E-state index in [4.69, 9.17) is 0 Å². The first-order chi connectivity index (χ1) is 9.70. The summed E-state index contributed by atoms with van der Waals surface area (Å²) in [6.07, 6.45) is 0. The molecule has 0 bridgehead atoms. The van der Waals surface area contributed by atoms with Crippen LogP contribution in [0.2, 0.25) is 0 Å². The SMILES string of the molecule is CCn1c(-c2ccc(N(C)C)cc2)cc2ccccc21. The number of hydrogen-bond acceptors (Lipinski definition) is 1. The van der Waals surface area contributed by atoms with E-state index in [0.29, 0.717) is 0 Å². The maximum atomic E-state index is 2.38. The molecule has 0 saturated carbocycles. The summed E-state index contributed by atoms with van der Waals surface area (Å²) in [6, 6.07) is 19.6. The van der Waals surface area contributed by atoms with E-state index in [0.717, 1.165) is 6.54 Å². The highest BCUT2D eigenvalue weighted by Crippen LogP contribution is 2.29. The van der Waals surface area contributed by atoms with Crippen molar-refractivity contribution in [3.8, 4) is 11.3 Å². The Bertz CT molecular complexity index is 721. The lowest BCUT2D eigenvalue weighted by atomic mass is 10.1. The molecule has 3 aromatic rings. The molecule has 0 N–H and O–H groups in total. The number of hydrogen-bond donors (Lipinski definition) is 0. The molecule has 3 rings (SSSR count). The zero-order valence-electron chi connectivity index (χ0n) is 12.3. The number of aryl methyl sites for hydroxylation is 1. The van der Waals surface area contributed by atoms with E-state index in [1.807, 2.05) is 0 Å². The molecular weight excluding hydrogens is 244 g/mol. The van der Waals surface area contributed by atoms with Gasteiger partial charge in [0.2, 0.25) is 0 Å². The molecule has 2 nitrogen and oxygen atoms in total. The summed E-state index contributed by atoms with van der Waals surface area (Å²) < 4.78 is 2.38. The summed E-state index contributed by atoms with van der Waals surface area (Å²) in [4.78, 5) is 2.12. The van der Waals surface area contributed by atoms with Gasteiger partial charge in [-0.25, -0.2) is 0 Å². The second kappa shape index (κ2) is 5.04. The number of nitrogens with zero attached hydrogens (tertiary/aromatic N) is 2. The molecule has 0 aliphatic heterocycles. The quantitative estimate of drug-likeness (QED) is 0.681. The van der Waals surface area contributed by atoms with Crippen molar-refractivity contribution in [3.63, 3.8) is 0 Å². The lowest BCUT2D eigenvalue weighted by Gasteiger charge is -2.13. The topological polar surface area (TPSA) is 8.17 Å². The summed E-state index contributed by atoms with van der Waals surface area (Å²) in [7, 11) is 4.14. The van der Waals surface area contributed by atoms with Gasteiger partial charge in [0.1, 0.15) is 0 Å². The van der Waals surface area contributed by atoms with Crippen molar-refractivity contribution < 1.29 is 0 Å². The third-order valence-corrected chi connectivity index (χ3v) is 3.81. The van der Waals surface area contributed by atoms with E-state index in [1.165, 1.54) is 27.8 Å². The molecule has 102 valence electrons. The van der Waals surface area contributed by atoms with Crippen LogP contribution in [0.4, 0.5) is 5.69 Å². The minimum Gasteiger partial charge on any atom is -0.378 e. The highest BCUT2D eigenvalue weighted by molar-refractivity contribution is 5.87. The standard InChI is InChI=1S/C18H20N2/c1-4-20-17-8-6-5-7-15(17)13-18(20)14-9-11-16(12-10-14)19(2)3/h5-13H,4H2,1-3H3. The van der Waals surface area contributed by atoms with Crippen LogP contribution in [-0.4, -0.2) is 18.7 Å². The molecule has 0 spiro atoms. The molecule has 0 aliphatic rings. The van der Waals surface area contributed by atoms with Crippen molar-refractivity contribution in [2.24, 2.45) is 0 Å². The van der Waals surface area contributed by atoms with E-state index in [2.05, 4.69) is 85.1 Å². The van der Waals surface area contributed by atoms with Gasteiger partial charge in [-0.2, -0.15) is 0 Å². The van der Waals surface area contributed by atoms with Gasteiger partial charge in [-0.3, -0.25) is 0 Å². The lowest BCUT2D eigenvalue weighted by molar-refractivity contribution is 0.805. The summed E-state index contributed by atoms with van der Waals surface area (Å²) >= 11 is 0. The minimum atomic E-state index is 0.984. The van der Waals surface area contributed by atoms with Crippen molar-refractivity contribution in [1.29, 1.82) is 0 Å². The molecule has 0 fully saturated rings. The van der Waals surface area contributed by atoms with Crippen molar-refractivity contribution in [2.75, 3.05) is 19.0 Å². The van der Waals surface area contributed by atoms with Crippen LogP contribution in [0.1, 0.15) is 6.92 Å². The normalized spacial score (nSPS) is 10.9. The average Bonchev–Trinajstić information content (AvgIpc) is 2.85. The molecule has 20 heavy (non-hydrogen) atoms. The smallest absolute Gasteiger partial charge is 0.0491 e. The van der Waals surface area contributed by atoms with Crippen molar-refractivity contribution in [2.45, 2.75) is 13.5 Å². The van der Waals surface area contributed by atoms with Crippen molar-refractivity contribution >= 4 is 16.6 Å². The second-order valence-corrected chi connectivity index (χ2v) is 5.27. The highest BCUT2D eigenvalue weighted by Gasteiger charge is 2.09. The van der Waals surface area contributed by atoms with Crippen molar-refractivity contribution in [1.82, 2.24) is 4.57 Å². The van der Waals surface area contributed by atoms with Gasteiger partial charge in [0.05, 0.1) is 0 Å². The number of anilines is 1. The minimum absolute atomic E-state index is 0.984. The second-order valence-electron chi connectivity index (χ2n) is 5.27. The summed E-state index contributed by atoms with van der Waals surface area (Å²) in [6.45, 7) is 3.18. The fourth-order valence-electron chi connectivity index (χ4n) is 2.72. The molecular formula is C18H20N2. The van der Waals surface area contributed by atoms with Crippen LogP contribution in [0.15, 0.2) is 54.6 Å². The first kappa shape index (κ1) is 12.8. The molecule has 0 aliphatic carbocycles. The van der Waals surface area contributed by atoms with Gasteiger partial charge >= 0.3 is 0 Å². The fourth-order valence-corrected chi connectivity index (χ4v) is 2.72. The van der Waals surface area contributed by atoms with E-state index < -0.39 is 0 Å². The Morgan fingerprint density at radius 1 is 0.950 bits per heavy atom. The maximum absolute atomic E-state index is 2.38. The Kier molecular flexibility index (Phi) is 3.23. The van der Waals surface area contributed by atoms with Crippen LogP contribution in [-0.2, 0) is 6.54 Å². The highest BCUT2D eigenvalue weighted by atomic mass is 15.1. The Hall–Kier alpha value is -2.22. The Balaban J connectivity index is 2.13. The first-order valence-electron chi connectivity index (χ1n) is 7.06. The zero-order chi connectivity index (χ0) is 14.1. The van der Waals surface area contributed by atoms with E-state index in [9.17, 15) is 0 Å².